The molecule has 0 unspecified atom stereocenters. The maximum Gasteiger partial charge on any atom is 0.100 e. The largest absolute Gasteiger partial charge is 0.201 e. The Morgan fingerprint density at radius 2 is 1.94 bits per heavy atom. The van der Waals surface area contributed by atoms with Crippen LogP contribution >= 0.6 is 11.5 Å². The van der Waals surface area contributed by atoms with Crippen LogP contribution in [0.2, 0.25) is 0 Å². The van der Waals surface area contributed by atoms with Gasteiger partial charge < -0.3 is 0 Å². The lowest BCUT2D eigenvalue weighted by Gasteiger charge is -2.05. The van der Waals surface area contributed by atoms with Crippen molar-refractivity contribution in [2.45, 2.75) is 0 Å². The fourth-order valence-electron chi connectivity index (χ4n) is 1.95. The van der Waals surface area contributed by atoms with Crippen molar-refractivity contribution in [1.29, 1.82) is 5.26 Å². The monoisotopic (exact) mass is 236 g/mol. The van der Waals surface area contributed by atoms with Crippen molar-refractivity contribution in [2.75, 3.05) is 0 Å². The van der Waals surface area contributed by atoms with Crippen LogP contribution < -0.4 is 0 Å². The predicted molar refractivity (Wildman–Crippen MR) is 69.8 cm³/mol. The Bertz CT molecular complexity index is 709. The first-order chi connectivity index (χ1) is 8.40. The Kier molecular flexibility index (Phi) is 2.36. The third-order valence-corrected chi connectivity index (χ3v) is 3.52. The summed E-state index contributed by atoms with van der Waals surface area (Å²) in [6, 6.07) is 16.2. The van der Waals surface area contributed by atoms with Gasteiger partial charge in [-0.25, -0.2) is 4.37 Å². The first-order valence-corrected chi connectivity index (χ1v) is 6.00. The molecule has 0 amide bonds. The fraction of sp³-hybridized carbons (Fsp3) is 0. The molecule has 0 aliphatic heterocycles. The SMILES string of the molecule is N#Cc1c(-c2ccns2)ccc2ccccc12. The van der Waals surface area contributed by atoms with Gasteiger partial charge in [-0.15, -0.1) is 0 Å². The van der Waals surface area contributed by atoms with E-state index in [1.165, 1.54) is 11.5 Å². The van der Waals surface area contributed by atoms with Crippen LogP contribution in [-0.4, -0.2) is 4.37 Å². The summed E-state index contributed by atoms with van der Waals surface area (Å²) in [6.07, 6.45) is 1.76. The van der Waals surface area contributed by atoms with Crippen molar-refractivity contribution in [2.24, 2.45) is 0 Å². The van der Waals surface area contributed by atoms with Gasteiger partial charge in [-0.3, -0.25) is 0 Å². The van der Waals surface area contributed by atoms with E-state index in [1.54, 1.807) is 6.20 Å². The molecule has 0 aliphatic rings. The van der Waals surface area contributed by atoms with Crippen molar-refractivity contribution >= 4 is 22.3 Å². The summed E-state index contributed by atoms with van der Waals surface area (Å²) in [7, 11) is 0. The second-order valence-corrected chi connectivity index (χ2v) is 4.53. The maximum atomic E-state index is 9.35. The molecule has 80 valence electrons. The Morgan fingerprint density at radius 3 is 2.71 bits per heavy atom. The molecule has 0 spiro atoms. The molecule has 2 aromatic carbocycles. The number of nitriles is 1. The molecule has 0 saturated carbocycles. The van der Waals surface area contributed by atoms with Crippen LogP contribution in [0.1, 0.15) is 5.56 Å². The summed E-state index contributed by atoms with van der Waals surface area (Å²) in [5.74, 6) is 0. The van der Waals surface area contributed by atoms with E-state index in [0.717, 1.165) is 26.8 Å². The van der Waals surface area contributed by atoms with Gasteiger partial charge in [-0.05, 0) is 23.0 Å². The van der Waals surface area contributed by atoms with Crippen molar-refractivity contribution in [3.8, 4) is 16.5 Å². The van der Waals surface area contributed by atoms with Gasteiger partial charge in [0.25, 0.3) is 0 Å². The Labute approximate surface area is 103 Å². The summed E-state index contributed by atoms with van der Waals surface area (Å²) in [4.78, 5) is 1.03. The van der Waals surface area contributed by atoms with Gasteiger partial charge in [0.05, 0.1) is 10.4 Å². The van der Waals surface area contributed by atoms with Crippen LogP contribution in [-0.2, 0) is 0 Å². The van der Waals surface area contributed by atoms with Crippen molar-refractivity contribution in [1.82, 2.24) is 4.37 Å². The zero-order valence-electron chi connectivity index (χ0n) is 8.92. The minimum atomic E-state index is 0.729. The van der Waals surface area contributed by atoms with Gasteiger partial charge in [0.15, 0.2) is 0 Å². The molecule has 0 N–H and O–H groups in total. The van der Waals surface area contributed by atoms with E-state index in [2.05, 4.69) is 10.4 Å². The van der Waals surface area contributed by atoms with Crippen LogP contribution in [0.25, 0.3) is 21.2 Å². The highest BCUT2D eigenvalue weighted by molar-refractivity contribution is 7.09. The zero-order chi connectivity index (χ0) is 11.7. The topological polar surface area (TPSA) is 36.7 Å². The molecule has 1 aromatic heterocycles. The normalized spacial score (nSPS) is 10.3. The average Bonchev–Trinajstić information content (AvgIpc) is 2.91. The van der Waals surface area contributed by atoms with Crippen LogP contribution in [0.3, 0.4) is 0 Å². The summed E-state index contributed by atoms with van der Waals surface area (Å²) in [6.45, 7) is 0. The fourth-order valence-corrected chi connectivity index (χ4v) is 2.58. The standard InChI is InChI=1S/C14H8N2S/c15-9-13-11-4-2-1-3-10(11)5-6-12(13)14-7-8-16-17-14/h1-8H. The highest BCUT2D eigenvalue weighted by Gasteiger charge is 2.09. The molecule has 0 radical (unpaired) electrons. The van der Waals surface area contributed by atoms with E-state index in [0.29, 0.717) is 0 Å². The summed E-state index contributed by atoms with van der Waals surface area (Å²) < 4.78 is 4.09. The van der Waals surface area contributed by atoms with Gasteiger partial charge >= 0.3 is 0 Å². The number of aromatic nitrogens is 1. The molecule has 3 aromatic rings. The molecule has 0 bridgehead atoms. The van der Waals surface area contributed by atoms with Crippen LogP contribution in [0.15, 0.2) is 48.7 Å². The summed E-state index contributed by atoms with van der Waals surface area (Å²) >= 11 is 1.41. The number of nitrogens with zero attached hydrogens (tertiary/aromatic N) is 2. The van der Waals surface area contributed by atoms with Crippen molar-refractivity contribution < 1.29 is 0 Å². The van der Waals surface area contributed by atoms with Crippen LogP contribution in [0.4, 0.5) is 0 Å². The van der Waals surface area contributed by atoms with Crippen molar-refractivity contribution in [3.05, 3.63) is 54.2 Å². The van der Waals surface area contributed by atoms with E-state index in [1.807, 2.05) is 42.5 Å². The number of hydrogen-bond acceptors (Lipinski definition) is 3. The first kappa shape index (κ1) is 10.0. The minimum Gasteiger partial charge on any atom is -0.201 e. The smallest absolute Gasteiger partial charge is 0.100 e. The minimum absolute atomic E-state index is 0.729. The molecule has 3 heteroatoms. The Balaban J connectivity index is 2.38. The molecule has 3 rings (SSSR count). The first-order valence-electron chi connectivity index (χ1n) is 5.23. The third kappa shape index (κ3) is 1.59. The number of rotatable bonds is 1. The molecule has 17 heavy (non-hydrogen) atoms. The highest BCUT2D eigenvalue weighted by Crippen LogP contribution is 2.31. The number of hydrogen-bond donors (Lipinski definition) is 0. The lowest BCUT2D eigenvalue weighted by molar-refractivity contribution is 1.50. The number of benzene rings is 2. The molecule has 0 fully saturated rings. The molecular formula is C14H8N2S. The number of fused-ring (bicyclic) bond motifs is 1. The van der Waals surface area contributed by atoms with Crippen molar-refractivity contribution in [3.63, 3.8) is 0 Å². The molecule has 2 nitrogen and oxygen atoms in total. The maximum absolute atomic E-state index is 9.35. The zero-order valence-corrected chi connectivity index (χ0v) is 9.74. The Morgan fingerprint density at radius 1 is 1.06 bits per heavy atom. The van der Waals surface area contributed by atoms with E-state index in [4.69, 9.17) is 0 Å². The van der Waals surface area contributed by atoms with Gasteiger partial charge in [-0.1, -0.05) is 36.4 Å². The summed E-state index contributed by atoms with van der Waals surface area (Å²) in [5, 5.41) is 11.4. The second kappa shape index (κ2) is 4.00. The molecular weight excluding hydrogens is 228 g/mol. The lowest BCUT2D eigenvalue weighted by Crippen LogP contribution is -1.84. The second-order valence-electron chi connectivity index (χ2n) is 3.70. The van der Waals surface area contributed by atoms with E-state index in [9.17, 15) is 5.26 Å². The van der Waals surface area contributed by atoms with Crippen LogP contribution in [0.5, 0.6) is 0 Å². The summed E-state index contributed by atoms with van der Waals surface area (Å²) in [5.41, 5.74) is 1.70. The van der Waals surface area contributed by atoms with Crippen LogP contribution in [0, 0.1) is 11.3 Å². The van der Waals surface area contributed by atoms with Gasteiger partial charge in [0.1, 0.15) is 6.07 Å². The van der Waals surface area contributed by atoms with E-state index in [-0.39, 0.29) is 0 Å². The van der Waals surface area contributed by atoms with Gasteiger partial charge in [-0.2, -0.15) is 5.26 Å². The molecule has 0 atom stereocenters. The molecule has 1 heterocycles. The molecule has 0 saturated heterocycles. The average molecular weight is 236 g/mol. The van der Waals surface area contributed by atoms with E-state index < -0.39 is 0 Å². The van der Waals surface area contributed by atoms with Gasteiger partial charge in [0, 0.05) is 17.1 Å². The third-order valence-electron chi connectivity index (χ3n) is 2.74. The highest BCUT2D eigenvalue weighted by atomic mass is 32.1. The predicted octanol–water partition coefficient (Wildman–Crippen LogP) is 3.83. The van der Waals surface area contributed by atoms with E-state index >= 15 is 0 Å². The lowest BCUT2D eigenvalue weighted by atomic mass is 9.99. The Hall–Kier alpha value is -2.18. The quantitative estimate of drug-likeness (QED) is 0.643. The molecule has 0 aliphatic carbocycles. The van der Waals surface area contributed by atoms with Gasteiger partial charge in [0.2, 0.25) is 0 Å².